The van der Waals surface area contributed by atoms with Crippen molar-refractivity contribution in [3.05, 3.63) is 35.4 Å². The predicted octanol–water partition coefficient (Wildman–Crippen LogP) is 1.67. The number of rotatable bonds is 7. The summed E-state index contributed by atoms with van der Waals surface area (Å²) in [6.45, 7) is 6.05. The van der Waals surface area contributed by atoms with Gasteiger partial charge in [-0.1, -0.05) is 24.3 Å². The minimum absolute atomic E-state index is 0.106. The maximum atomic E-state index is 11.8. The molecule has 1 aromatic rings. The number of hydrogen-bond donors (Lipinski definition) is 1. The molecule has 0 spiro atoms. The Balaban J connectivity index is 1.45. The van der Waals surface area contributed by atoms with E-state index in [0.717, 1.165) is 38.9 Å². The van der Waals surface area contributed by atoms with Crippen LogP contribution in [0.15, 0.2) is 24.3 Å². The number of aryl methyl sites for hydroxylation is 1. The lowest BCUT2D eigenvalue weighted by atomic mass is 10.1. The normalized spacial score (nSPS) is 23.1. The third-order valence-electron chi connectivity index (χ3n) is 4.61. The van der Waals surface area contributed by atoms with Crippen LogP contribution in [-0.4, -0.2) is 50.9 Å². The molecule has 1 heterocycles. The smallest absolute Gasteiger partial charge is 0.214 e. The van der Waals surface area contributed by atoms with Gasteiger partial charge < -0.3 is 4.74 Å². The van der Waals surface area contributed by atoms with E-state index in [1.165, 1.54) is 11.1 Å². The standard InChI is InChI=1S/C17H26N2O3S/c1-14-4-2-3-5-15(14)12-19-10-11-22-16(13-19)8-9-18-23(20,21)17-6-7-17/h2-5,16-18H,6-13H2,1H3. The van der Waals surface area contributed by atoms with Crippen LogP contribution in [-0.2, 0) is 21.3 Å². The SMILES string of the molecule is Cc1ccccc1CN1CCOC(CCNS(=O)(=O)C2CC2)C1. The molecule has 1 unspecified atom stereocenters. The summed E-state index contributed by atoms with van der Waals surface area (Å²) in [5, 5.41) is -0.146. The molecule has 1 aromatic carbocycles. The zero-order valence-electron chi connectivity index (χ0n) is 13.7. The van der Waals surface area contributed by atoms with Crippen molar-refractivity contribution in [3.8, 4) is 0 Å². The van der Waals surface area contributed by atoms with Crippen molar-refractivity contribution < 1.29 is 13.2 Å². The van der Waals surface area contributed by atoms with E-state index < -0.39 is 10.0 Å². The molecule has 6 heteroatoms. The fraction of sp³-hybridized carbons (Fsp3) is 0.647. The Hall–Kier alpha value is -0.950. The van der Waals surface area contributed by atoms with Crippen LogP contribution in [0.1, 0.15) is 30.4 Å². The predicted molar refractivity (Wildman–Crippen MR) is 90.8 cm³/mol. The molecule has 1 saturated heterocycles. The first-order chi connectivity index (χ1) is 11.0. The molecule has 0 bridgehead atoms. The fourth-order valence-electron chi connectivity index (χ4n) is 2.99. The van der Waals surface area contributed by atoms with Crippen LogP contribution in [0.5, 0.6) is 0 Å². The summed E-state index contributed by atoms with van der Waals surface area (Å²) < 4.78 is 32.1. The first-order valence-electron chi connectivity index (χ1n) is 8.41. The summed E-state index contributed by atoms with van der Waals surface area (Å²) in [5.41, 5.74) is 2.66. The first kappa shape index (κ1) is 16.9. The molecule has 1 atom stereocenters. The van der Waals surface area contributed by atoms with Gasteiger partial charge in [-0.25, -0.2) is 13.1 Å². The molecule has 3 rings (SSSR count). The Kier molecular flexibility index (Phi) is 5.36. The van der Waals surface area contributed by atoms with Gasteiger partial charge in [-0.15, -0.1) is 0 Å². The van der Waals surface area contributed by atoms with Gasteiger partial charge in [0.15, 0.2) is 0 Å². The number of sulfonamides is 1. The van der Waals surface area contributed by atoms with Crippen LogP contribution in [0.2, 0.25) is 0 Å². The molecular formula is C17H26N2O3S. The maximum Gasteiger partial charge on any atom is 0.214 e. The van der Waals surface area contributed by atoms with Gasteiger partial charge >= 0.3 is 0 Å². The van der Waals surface area contributed by atoms with Crippen LogP contribution >= 0.6 is 0 Å². The van der Waals surface area contributed by atoms with Gasteiger partial charge in [-0.2, -0.15) is 0 Å². The zero-order chi connectivity index (χ0) is 16.3. The second kappa shape index (κ2) is 7.30. The van der Waals surface area contributed by atoms with Gasteiger partial charge in [0.2, 0.25) is 10.0 Å². The Morgan fingerprint density at radius 2 is 2.09 bits per heavy atom. The highest BCUT2D eigenvalue weighted by Crippen LogP contribution is 2.27. The van der Waals surface area contributed by atoms with E-state index in [2.05, 4.69) is 40.8 Å². The van der Waals surface area contributed by atoms with E-state index in [-0.39, 0.29) is 11.4 Å². The summed E-state index contributed by atoms with van der Waals surface area (Å²) in [4.78, 5) is 2.39. The lowest BCUT2D eigenvalue weighted by Gasteiger charge is -2.33. The summed E-state index contributed by atoms with van der Waals surface area (Å²) in [6, 6.07) is 8.45. The van der Waals surface area contributed by atoms with Crippen molar-refractivity contribution in [3.63, 3.8) is 0 Å². The molecular weight excluding hydrogens is 312 g/mol. The molecule has 0 amide bonds. The number of hydrogen-bond acceptors (Lipinski definition) is 4. The summed E-state index contributed by atoms with van der Waals surface area (Å²) in [6.07, 6.45) is 2.45. The second-order valence-electron chi connectivity index (χ2n) is 6.58. The van der Waals surface area contributed by atoms with Crippen molar-refractivity contribution in [2.45, 2.75) is 44.1 Å². The number of benzene rings is 1. The molecule has 128 valence electrons. The molecule has 1 saturated carbocycles. The number of nitrogens with one attached hydrogen (secondary N) is 1. The van der Waals surface area contributed by atoms with Crippen LogP contribution < -0.4 is 4.72 Å². The molecule has 1 N–H and O–H groups in total. The van der Waals surface area contributed by atoms with Crippen LogP contribution in [0.3, 0.4) is 0 Å². The minimum Gasteiger partial charge on any atom is -0.376 e. The highest BCUT2D eigenvalue weighted by atomic mass is 32.2. The van der Waals surface area contributed by atoms with Gasteiger partial charge in [-0.3, -0.25) is 4.90 Å². The fourth-order valence-corrected chi connectivity index (χ4v) is 4.38. The van der Waals surface area contributed by atoms with Crippen LogP contribution in [0.4, 0.5) is 0 Å². The molecule has 23 heavy (non-hydrogen) atoms. The summed E-state index contributed by atoms with van der Waals surface area (Å²) in [7, 11) is -3.07. The molecule has 1 aliphatic heterocycles. The van der Waals surface area contributed by atoms with E-state index >= 15 is 0 Å². The number of nitrogens with zero attached hydrogens (tertiary/aromatic N) is 1. The lowest BCUT2D eigenvalue weighted by Crippen LogP contribution is -2.43. The molecule has 2 fully saturated rings. The highest BCUT2D eigenvalue weighted by Gasteiger charge is 2.35. The molecule has 5 nitrogen and oxygen atoms in total. The monoisotopic (exact) mass is 338 g/mol. The number of ether oxygens (including phenoxy) is 1. The average Bonchev–Trinajstić information content (AvgIpc) is 3.35. The van der Waals surface area contributed by atoms with Crippen molar-refractivity contribution >= 4 is 10.0 Å². The average molecular weight is 338 g/mol. The Morgan fingerprint density at radius 3 is 2.83 bits per heavy atom. The molecule has 0 aromatic heterocycles. The molecule has 1 aliphatic carbocycles. The third-order valence-corrected chi connectivity index (χ3v) is 6.57. The second-order valence-corrected chi connectivity index (χ2v) is 8.63. The van der Waals surface area contributed by atoms with Gasteiger partial charge in [0.1, 0.15) is 0 Å². The van der Waals surface area contributed by atoms with Crippen LogP contribution in [0.25, 0.3) is 0 Å². The van der Waals surface area contributed by atoms with Crippen molar-refractivity contribution in [1.29, 1.82) is 0 Å². The first-order valence-corrected chi connectivity index (χ1v) is 9.96. The summed E-state index contributed by atoms with van der Waals surface area (Å²) >= 11 is 0. The van der Waals surface area contributed by atoms with Crippen molar-refractivity contribution in [1.82, 2.24) is 9.62 Å². The maximum absolute atomic E-state index is 11.8. The van der Waals surface area contributed by atoms with Crippen molar-refractivity contribution in [2.24, 2.45) is 0 Å². The van der Waals surface area contributed by atoms with Gasteiger partial charge in [0.05, 0.1) is 18.0 Å². The zero-order valence-corrected chi connectivity index (χ0v) is 14.5. The van der Waals surface area contributed by atoms with Crippen molar-refractivity contribution in [2.75, 3.05) is 26.2 Å². The van der Waals surface area contributed by atoms with Gasteiger partial charge in [-0.05, 0) is 37.3 Å². The molecule has 2 aliphatic rings. The van der Waals surface area contributed by atoms with E-state index in [1.807, 2.05) is 0 Å². The number of morpholine rings is 1. The highest BCUT2D eigenvalue weighted by molar-refractivity contribution is 7.90. The Labute approximate surface area is 139 Å². The van der Waals surface area contributed by atoms with E-state index in [1.54, 1.807) is 0 Å². The minimum atomic E-state index is -3.07. The Morgan fingerprint density at radius 1 is 1.30 bits per heavy atom. The topological polar surface area (TPSA) is 58.6 Å². The van der Waals surface area contributed by atoms with E-state index in [9.17, 15) is 8.42 Å². The lowest BCUT2D eigenvalue weighted by molar-refractivity contribution is -0.0339. The quantitative estimate of drug-likeness (QED) is 0.822. The molecule has 0 radical (unpaired) electrons. The third kappa shape index (κ3) is 4.76. The van der Waals surface area contributed by atoms with E-state index in [0.29, 0.717) is 13.2 Å². The summed E-state index contributed by atoms with van der Waals surface area (Å²) in [5.74, 6) is 0. The Bertz CT molecular complexity index is 628. The van der Waals surface area contributed by atoms with Crippen LogP contribution in [0, 0.1) is 6.92 Å². The van der Waals surface area contributed by atoms with Gasteiger partial charge in [0.25, 0.3) is 0 Å². The van der Waals surface area contributed by atoms with Gasteiger partial charge in [0, 0.05) is 26.2 Å². The largest absolute Gasteiger partial charge is 0.376 e. The van der Waals surface area contributed by atoms with E-state index in [4.69, 9.17) is 4.74 Å².